The largest absolute Gasteiger partial charge is 0.441 e. The average Bonchev–Trinajstić information content (AvgIpc) is 2.83. The first-order chi connectivity index (χ1) is 11.0. The molecule has 0 aliphatic carbocycles. The highest BCUT2D eigenvalue weighted by Crippen LogP contribution is 2.33. The van der Waals surface area contributed by atoms with Gasteiger partial charge in [0.15, 0.2) is 12.4 Å². The minimum Gasteiger partial charge on any atom is -0.441 e. The van der Waals surface area contributed by atoms with Crippen LogP contribution in [0.2, 0.25) is 0 Å². The van der Waals surface area contributed by atoms with Crippen molar-refractivity contribution in [2.24, 2.45) is 0 Å². The van der Waals surface area contributed by atoms with Crippen LogP contribution in [0.4, 0.5) is 4.79 Å². The van der Waals surface area contributed by atoms with Gasteiger partial charge in [-0.15, -0.1) is 0 Å². The van der Waals surface area contributed by atoms with Gasteiger partial charge in [0.05, 0.1) is 12.1 Å². The van der Waals surface area contributed by atoms with Crippen molar-refractivity contribution in [3.8, 4) is 0 Å². The van der Waals surface area contributed by atoms with Crippen LogP contribution < -0.4 is 0 Å². The second-order valence-electron chi connectivity index (χ2n) is 6.45. The molecule has 6 nitrogen and oxygen atoms in total. The van der Waals surface area contributed by atoms with Crippen LogP contribution in [0, 0.1) is 0 Å². The van der Waals surface area contributed by atoms with Gasteiger partial charge >= 0.3 is 6.09 Å². The summed E-state index contributed by atoms with van der Waals surface area (Å²) in [4.78, 5) is 24.7. The Morgan fingerprint density at radius 3 is 2.65 bits per heavy atom. The number of rotatable bonds is 8. The second-order valence-corrected chi connectivity index (χ2v) is 6.45. The molecule has 23 heavy (non-hydrogen) atoms. The predicted molar refractivity (Wildman–Crippen MR) is 84.9 cm³/mol. The summed E-state index contributed by atoms with van der Waals surface area (Å²) in [7, 11) is 0. The maximum atomic E-state index is 11.8. The molecule has 0 aromatic carbocycles. The molecule has 2 amide bonds. The molecule has 0 unspecified atom stereocenters. The SMILES string of the molecule is CCCCCCCCO[C@H]1C[C@@H]2[C@@H](OC(=O)N2C(C)=O)[C@H](C)O1. The van der Waals surface area contributed by atoms with Crippen molar-refractivity contribution in [3.05, 3.63) is 0 Å². The number of hydrogen-bond acceptors (Lipinski definition) is 5. The first kappa shape index (κ1) is 18.2. The number of carbonyl (C=O) groups excluding carboxylic acids is 2. The number of imide groups is 1. The zero-order valence-electron chi connectivity index (χ0n) is 14.5. The molecule has 0 saturated carbocycles. The molecule has 2 fully saturated rings. The van der Waals surface area contributed by atoms with Crippen molar-refractivity contribution in [2.75, 3.05) is 6.61 Å². The van der Waals surface area contributed by atoms with Gasteiger partial charge in [-0.3, -0.25) is 4.79 Å². The number of hydrogen-bond donors (Lipinski definition) is 0. The molecular formula is C17H29NO5. The predicted octanol–water partition coefficient (Wildman–Crippen LogP) is 3.23. The highest BCUT2D eigenvalue weighted by atomic mass is 16.7. The first-order valence-corrected chi connectivity index (χ1v) is 8.82. The molecule has 132 valence electrons. The second kappa shape index (κ2) is 8.64. The molecular weight excluding hydrogens is 298 g/mol. The monoisotopic (exact) mass is 327 g/mol. The van der Waals surface area contributed by atoms with Gasteiger partial charge in [0.25, 0.3) is 0 Å². The fourth-order valence-electron chi connectivity index (χ4n) is 3.32. The zero-order valence-corrected chi connectivity index (χ0v) is 14.5. The Morgan fingerprint density at radius 1 is 1.26 bits per heavy atom. The van der Waals surface area contributed by atoms with Crippen molar-refractivity contribution in [2.45, 2.75) is 90.3 Å². The molecule has 0 bridgehead atoms. The highest BCUT2D eigenvalue weighted by Gasteiger charge is 2.51. The Labute approximate surface area is 138 Å². The summed E-state index contributed by atoms with van der Waals surface area (Å²) in [5, 5.41) is 0. The van der Waals surface area contributed by atoms with E-state index >= 15 is 0 Å². The van der Waals surface area contributed by atoms with E-state index in [0.717, 1.165) is 12.8 Å². The molecule has 0 spiro atoms. The standard InChI is InChI=1S/C17H29NO5/c1-4-5-6-7-8-9-10-21-15-11-14-16(12(2)22-15)23-17(20)18(14)13(3)19/h12,14-16H,4-11H2,1-3H3/t12-,14+,15+,16-/m0/s1. The van der Waals surface area contributed by atoms with Crippen LogP contribution in [0.1, 0.15) is 65.7 Å². The molecule has 2 saturated heterocycles. The van der Waals surface area contributed by atoms with E-state index in [1.807, 2.05) is 6.92 Å². The fraction of sp³-hybridized carbons (Fsp3) is 0.882. The minimum atomic E-state index is -0.570. The number of unbranched alkanes of at least 4 members (excludes halogenated alkanes) is 5. The van der Waals surface area contributed by atoms with Gasteiger partial charge in [0.2, 0.25) is 5.91 Å². The number of ether oxygens (including phenoxy) is 3. The van der Waals surface area contributed by atoms with Gasteiger partial charge in [-0.05, 0) is 13.3 Å². The van der Waals surface area contributed by atoms with Gasteiger partial charge in [0, 0.05) is 20.0 Å². The molecule has 2 heterocycles. The fourth-order valence-corrected chi connectivity index (χ4v) is 3.32. The molecule has 2 aliphatic rings. The maximum absolute atomic E-state index is 11.8. The van der Waals surface area contributed by atoms with Gasteiger partial charge < -0.3 is 14.2 Å². The van der Waals surface area contributed by atoms with Crippen LogP contribution >= 0.6 is 0 Å². The Morgan fingerprint density at radius 2 is 1.96 bits per heavy atom. The van der Waals surface area contributed by atoms with Crippen molar-refractivity contribution >= 4 is 12.0 Å². The topological polar surface area (TPSA) is 65.1 Å². The number of nitrogens with zero attached hydrogens (tertiary/aromatic N) is 1. The molecule has 6 heteroatoms. The summed E-state index contributed by atoms with van der Waals surface area (Å²) in [5.74, 6) is -0.286. The molecule has 2 rings (SSSR count). The highest BCUT2D eigenvalue weighted by molar-refractivity contribution is 5.92. The summed E-state index contributed by atoms with van der Waals surface area (Å²) in [6, 6.07) is -0.279. The average molecular weight is 327 g/mol. The summed E-state index contributed by atoms with van der Waals surface area (Å²) in [5.41, 5.74) is 0. The molecule has 0 N–H and O–H groups in total. The molecule has 0 radical (unpaired) electrons. The lowest BCUT2D eigenvalue weighted by Crippen LogP contribution is -2.51. The molecule has 0 aromatic heterocycles. The van der Waals surface area contributed by atoms with E-state index in [1.54, 1.807) is 0 Å². The quantitative estimate of drug-likeness (QED) is 0.640. The van der Waals surface area contributed by atoms with E-state index in [2.05, 4.69) is 6.92 Å². The van der Waals surface area contributed by atoms with Crippen LogP contribution in [0.5, 0.6) is 0 Å². The van der Waals surface area contributed by atoms with E-state index < -0.39 is 6.09 Å². The summed E-state index contributed by atoms with van der Waals surface area (Å²) in [6.45, 7) is 6.10. The van der Waals surface area contributed by atoms with Gasteiger partial charge in [0.1, 0.15) is 0 Å². The van der Waals surface area contributed by atoms with Crippen molar-refractivity contribution in [1.82, 2.24) is 4.90 Å². The third-order valence-corrected chi connectivity index (χ3v) is 4.55. The number of fused-ring (bicyclic) bond motifs is 1. The molecule has 0 aromatic rings. The van der Waals surface area contributed by atoms with Crippen LogP contribution in [0.3, 0.4) is 0 Å². The normalized spacial score (nSPS) is 30.2. The van der Waals surface area contributed by atoms with E-state index in [0.29, 0.717) is 13.0 Å². The Hall–Kier alpha value is -1.14. The van der Waals surface area contributed by atoms with Crippen LogP contribution in [-0.2, 0) is 19.0 Å². The van der Waals surface area contributed by atoms with E-state index in [4.69, 9.17) is 14.2 Å². The maximum Gasteiger partial charge on any atom is 0.417 e. The first-order valence-electron chi connectivity index (χ1n) is 8.82. The van der Waals surface area contributed by atoms with Crippen molar-refractivity contribution in [3.63, 3.8) is 0 Å². The van der Waals surface area contributed by atoms with Crippen molar-refractivity contribution in [1.29, 1.82) is 0 Å². The van der Waals surface area contributed by atoms with E-state index in [1.165, 1.54) is 37.5 Å². The minimum absolute atomic E-state index is 0.267. The van der Waals surface area contributed by atoms with Gasteiger partial charge in [-0.1, -0.05) is 39.0 Å². The van der Waals surface area contributed by atoms with E-state index in [9.17, 15) is 9.59 Å². The third-order valence-electron chi connectivity index (χ3n) is 4.55. The van der Waals surface area contributed by atoms with Crippen LogP contribution in [0.15, 0.2) is 0 Å². The summed E-state index contributed by atoms with van der Waals surface area (Å²) < 4.78 is 16.9. The van der Waals surface area contributed by atoms with Gasteiger partial charge in [-0.2, -0.15) is 0 Å². The summed E-state index contributed by atoms with van der Waals surface area (Å²) >= 11 is 0. The lowest BCUT2D eigenvalue weighted by atomic mass is 9.99. The molecule has 4 atom stereocenters. The molecule has 2 aliphatic heterocycles. The lowest BCUT2D eigenvalue weighted by molar-refractivity contribution is -0.219. The zero-order chi connectivity index (χ0) is 16.8. The van der Waals surface area contributed by atoms with Crippen LogP contribution in [0.25, 0.3) is 0 Å². The number of carbonyl (C=O) groups is 2. The van der Waals surface area contributed by atoms with Crippen molar-refractivity contribution < 1.29 is 23.8 Å². The third kappa shape index (κ3) is 4.67. The number of amides is 2. The smallest absolute Gasteiger partial charge is 0.417 e. The van der Waals surface area contributed by atoms with Crippen LogP contribution in [-0.4, -0.2) is 48.0 Å². The van der Waals surface area contributed by atoms with E-state index in [-0.39, 0.29) is 30.4 Å². The van der Waals surface area contributed by atoms with Gasteiger partial charge in [-0.25, -0.2) is 9.69 Å². The Bertz CT molecular complexity index is 414. The Balaban J connectivity index is 1.75. The lowest BCUT2D eigenvalue weighted by Gasteiger charge is -2.36. The summed E-state index contributed by atoms with van der Waals surface area (Å²) in [6.07, 6.45) is 6.12. The Kier molecular flexibility index (Phi) is 6.84.